The van der Waals surface area contributed by atoms with E-state index < -0.39 is 0 Å². The van der Waals surface area contributed by atoms with E-state index in [9.17, 15) is 4.79 Å². The second-order valence-electron chi connectivity index (χ2n) is 4.84. The molecule has 1 unspecified atom stereocenters. The third kappa shape index (κ3) is 5.28. The molecule has 0 spiro atoms. The van der Waals surface area contributed by atoms with Crippen molar-refractivity contribution in [3.8, 4) is 0 Å². The van der Waals surface area contributed by atoms with E-state index in [1.807, 2.05) is 19.1 Å². The molecule has 1 fully saturated rings. The summed E-state index contributed by atoms with van der Waals surface area (Å²) < 4.78 is 1.19. The Morgan fingerprint density at radius 2 is 2.32 bits per heavy atom. The average molecular weight is 395 g/mol. The quantitative estimate of drug-likeness (QED) is 0.768. The first-order chi connectivity index (χ1) is 8.65. The van der Waals surface area contributed by atoms with E-state index >= 15 is 0 Å². The molecule has 0 aliphatic carbocycles. The fourth-order valence-corrected chi connectivity index (χ4v) is 2.94. The van der Waals surface area contributed by atoms with E-state index in [1.165, 1.54) is 16.4 Å². The molecule has 1 aromatic rings. The van der Waals surface area contributed by atoms with E-state index in [1.54, 1.807) is 0 Å². The largest absolute Gasteiger partial charge is 0.326 e. The number of amides is 1. The second-order valence-corrected chi connectivity index (χ2v) is 6.09. The first-order valence-corrected chi connectivity index (χ1v) is 7.52. The van der Waals surface area contributed by atoms with Gasteiger partial charge in [0, 0.05) is 21.7 Å². The molecule has 5 heteroatoms. The number of carbonyl (C=O) groups excluding carboxylic acids is 1. The maximum absolute atomic E-state index is 11.9. The number of halogens is 2. The van der Waals surface area contributed by atoms with Gasteiger partial charge in [0.2, 0.25) is 5.91 Å². The molecule has 3 nitrogen and oxygen atoms in total. The summed E-state index contributed by atoms with van der Waals surface area (Å²) >= 11 is 2.28. The predicted molar refractivity (Wildman–Crippen MR) is 90.0 cm³/mol. The normalized spacial score (nSPS) is 17.9. The highest BCUT2D eigenvalue weighted by molar-refractivity contribution is 14.1. The van der Waals surface area contributed by atoms with Crippen LogP contribution in [0.3, 0.4) is 0 Å². The Hall–Kier alpha value is -0.330. The van der Waals surface area contributed by atoms with Crippen LogP contribution in [0.2, 0.25) is 0 Å². The van der Waals surface area contributed by atoms with Crippen LogP contribution < -0.4 is 10.6 Å². The van der Waals surface area contributed by atoms with Crippen LogP contribution in [-0.2, 0) is 4.79 Å². The molecule has 1 aliphatic rings. The van der Waals surface area contributed by atoms with Crippen LogP contribution in [0.25, 0.3) is 0 Å². The van der Waals surface area contributed by atoms with Crippen LogP contribution in [0.5, 0.6) is 0 Å². The van der Waals surface area contributed by atoms with E-state index in [-0.39, 0.29) is 18.3 Å². The van der Waals surface area contributed by atoms with Gasteiger partial charge in [-0.2, -0.15) is 0 Å². The molecule has 0 aromatic heterocycles. The van der Waals surface area contributed by atoms with Crippen molar-refractivity contribution >= 4 is 46.6 Å². The van der Waals surface area contributed by atoms with Crippen LogP contribution in [0, 0.1) is 10.5 Å². The van der Waals surface area contributed by atoms with Crippen molar-refractivity contribution in [2.24, 2.45) is 0 Å². The average Bonchev–Trinajstić information content (AvgIpc) is 2.83. The third-order valence-electron chi connectivity index (χ3n) is 3.34. The minimum Gasteiger partial charge on any atom is -0.326 e. The number of nitrogens with one attached hydrogen (secondary N) is 2. The molecule has 1 atom stereocenters. The van der Waals surface area contributed by atoms with Gasteiger partial charge in [-0.15, -0.1) is 12.4 Å². The van der Waals surface area contributed by atoms with E-state index in [0.29, 0.717) is 12.5 Å². The van der Waals surface area contributed by atoms with Gasteiger partial charge in [-0.25, -0.2) is 0 Å². The number of rotatable bonds is 4. The molecule has 106 valence electrons. The summed E-state index contributed by atoms with van der Waals surface area (Å²) in [5.74, 6) is 0.119. The molecular weight excluding hydrogens is 375 g/mol. The molecule has 0 bridgehead atoms. The summed E-state index contributed by atoms with van der Waals surface area (Å²) in [6.07, 6.45) is 3.98. The third-order valence-corrected chi connectivity index (χ3v) is 4.02. The topological polar surface area (TPSA) is 41.1 Å². The lowest BCUT2D eigenvalue weighted by Crippen LogP contribution is -2.23. The zero-order valence-electron chi connectivity index (χ0n) is 11.0. The maximum atomic E-state index is 11.9. The predicted octanol–water partition coefficient (Wildman–Crippen LogP) is 3.49. The smallest absolute Gasteiger partial charge is 0.224 e. The first kappa shape index (κ1) is 16.7. The molecule has 1 saturated heterocycles. The molecule has 19 heavy (non-hydrogen) atoms. The van der Waals surface area contributed by atoms with Crippen molar-refractivity contribution in [2.45, 2.75) is 38.6 Å². The Balaban J connectivity index is 0.00000180. The molecule has 0 saturated carbocycles. The van der Waals surface area contributed by atoms with E-state index in [0.717, 1.165) is 24.2 Å². The SMILES string of the molecule is Cc1cc(I)ccc1NC(=O)CCC1CCCN1.Cl. The Morgan fingerprint density at radius 1 is 1.53 bits per heavy atom. The van der Waals surface area contributed by atoms with Gasteiger partial charge in [-0.05, 0) is 79.1 Å². The highest BCUT2D eigenvalue weighted by Gasteiger charge is 2.15. The Labute approximate surface area is 134 Å². The van der Waals surface area contributed by atoms with Crippen molar-refractivity contribution in [1.29, 1.82) is 0 Å². The van der Waals surface area contributed by atoms with Crippen molar-refractivity contribution in [3.05, 3.63) is 27.3 Å². The van der Waals surface area contributed by atoms with Gasteiger partial charge in [-0.3, -0.25) is 4.79 Å². The van der Waals surface area contributed by atoms with E-state index in [4.69, 9.17) is 0 Å². The van der Waals surface area contributed by atoms with Crippen LogP contribution >= 0.6 is 35.0 Å². The summed E-state index contributed by atoms with van der Waals surface area (Å²) in [5.41, 5.74) is 2.05. The number of carbonyl (C=O) groups is 1. The summed E-state index contributed by atoms with van der Waals surface area (Å²) in [6.45, 7) is 3.12. The van der Waals surface area contributed by atoms with Crippen LogP contribution in [-0.4, -0.2) is 18.5 Å². The standard InChI is InChI=1S/C14H19IN2O.ClH/c1-10-9-11(15)4-6-13(10)17-14(18)7-5-12-3-2-8-16-12;/h4,6,9,12,16H,2-3,5,7-8H2,1H3,(H,17,18);1H. The van der Waals surface area contributed by atoms with Crippen molar-refractivity contribution in [3.63, 3.8) is 0 Å². The summed E-state index contributed by atoms with van der Waals surface area (Å²) in [5, 5.41) is 6.40. The lowest BCUT2D eigenvalue weighted by atomic mass is 10.1. The molecule has 1 heterocycles. The molecule has 0 radical (unpaired) electrons. The van der Waals surface area contributed by atoms with Gasteiger partial charge in [0.25, 0.3) is 0 Å². The number of hydrogen-bond acceptors (Lipinski definition) is 2. The van der Waals surface area contributed by atoms with Gasteiger partial charge in [0.05, 0.1) is 0 Å². The van der Waals surface area contributed by atoms with Gasteiger partial charge in [0.15, 0.2) is 0 Å². The number of anilines is 1. The zero-order valence-corrected chi connectivity index (χ0v) is 14.0. The molecular formula is C14H20ClIN2O. The van der Waals surface area contributed by atoms with E-state index in [2.05, 4.69) is 39.3 Å². The van der Waals surface area contributed by atoms with Crippen LogP contribution in [0.15, 0.2) is 18.2 Å². The number of benzene rings is 1. The van der Waals surface area contributed by atoms with Crippen LogP contribution in [0.4, 0.5) is 5.69 Å². The highest BCUT2D eigenvalue weighted by Crippen LogP contribution is 2.18. The monoisotopic (exact) mass is 394 g/mol. The number of aryl methyl sites for hydroxylation is 1. The second kappa shape index (κ2) is 8.07. The minimum absolute atomic E-state index is 0. The van der Waals surface area contributed by atoms with Gasteiger partial charge >= 0.3 is 0 Å². The molecule has 1 aromatic carbocycles. The summed E-state index contributed by atoms with van der Waals surface area (Å²) in [6, 6.07) is 6.60. The fraction of sp³-hybridized carbons (Fsp3) is 0.500. The minimum atomic E-state index is 0. The summed E-state index contributed by atoms with van der Waals surface area (Å²) in [7, 11) is 0. The Kier molecular flexibility index (Phi) is 7.10. The van der Waals surface area contributed by atoms with Gasteiger partial charge < -0.3 is 10.6 Å². The van der Waals surface area contributed by atoms with Crippen molar-refractivity contribution in [1.82, 2.24) is 5.32 Å². The highest BCUT2D eigenvalue weighted by atomic mass is 127. The first-order valence-electron chi connectivity index (χ1n) is 6.44. The Morgan fingerprint density at radius 3 is 2.95 bits per heavy atom. The zero-order chi connectivity index (χ0) is 13.0. The summed E-state index contributed by atoms with van der Waals surface area (Å²) in [4.78, 5) is 11.9. The molecule has 1 amide bonds. The molecule has 2 N–H and O–H groups in total. The maximum Gasteiger partial charge on any atom is 0.224 e. The van der Waals surface area contributed by atoms with Gasteiger partial charge in [-0.1, -0.05) is 0 Å². The number of hydrogen-bond donors (Lipinski definition) is 2. The van der Waals surface area contributed by atoms with Gasteiger partial charge in [0.1, 0.15) is 0 Å². The lowest BCUT2D eigenvalue weighted by Gasteiger charge is -2.11. The van der Waals surface area contributed by atoms with Crippen LogP contribution in [0.1, 0.15) is 31.2 Å². The molecule has 2 rings (SSSR count). The lowest BCUT2D eigenvalue weighted by molar-refractivity contribution is -0.116. The van der Waals surface area contributed by atoms with Crippen molar-refractivity contribution < 1.29 is 4.79 Å². The Bertz CT molecular complexity index is 433. The van der Waals surface area contributed by atoms with Crippen molar-refractivity contribution in [2.75, 3.05) is 11.9 Å². The molecule has 1 aliphatic heterocycles. The fourth-order valence-electron chi connectivity index (χ4n) is 2.29.